The first-order valence-corrected chi connectivity index (χ1v) is 11.4. The van der Waals surface area contributed by atoms with Gasteiger partial charge < -0.3 is 14.6 Å². The Morgan fingerprint density at radius 1 is 1.03 bits per heavy atom. The molecule has 0 radical (unpaired) electrons. The fourth-order valence-electron chi connectivity index (χ4n) is 3.83. The summed E-state index contributed by atoms with van der Waals surface area (Å²) in [6.45, 7) is 2.52. The zero-order chi connectivity index (χ0) is 20.4. The van der Waals surface area contributed by atoms with E-state index >= 15 is 0 Å². The Morgan fingerprint density at radius 3 is 2.34 bits per heavy atom. The number of sulfone groups is 1. The summed E-state index contributed by atoms with van der Waals surface area (Å²) in [5.74, 6) is 0.302. The molecule has 1 atom stereocenters. The number of nitrogens with one attached hydrogen (secondary N) is 1. The summed E-state index contributed by atoms with van der Waals surface area (Å²) < 4.78 is 28.4. The van der Waals surface area contributed by atoms with Crippen LogP contribution in [0.3, 0.4) is 0 Å². The number of hydrogen-bond donors (Lipinski definition) is 1. The molecule has 0 bridgehead atoms. The summed E-state index contributed by atoms with van der Waals surface area (Å²) in [5.41, 5.74) is 1.13. The molecular weight excluding hydrogens is 394 g/mol. The second-order valence-corrected chi connectivity index (χ2v) is 9.62. The van der Waals surface area contributed by atoms with Gasteiger partial charge in [-0.1, -0.05) is 0 Å². The third kappa shape index (κ3) is 4.51. The van der Waals surface area contributed by atoms with E-state index in [0.29, 0.717) is 43.9 Å². The predicted molar refractivity (Wildman–Crippen MR) is 108 cm³/mol. The minimum Gasteiger partial charge on any atom is -0.459 e. The van der Waals surface area contributed by atoms with Crippen LogP contribution in [-0.4, -0.2) is 73.8 Å². The van der Waals surface area contributed by atoms with Crippen molar-refractivity contribution in [2.24, 2.45) is 0 Å². The molecule has 0 saturated carbocycles. The van der Waals surface area contributed by atoms with Crippen molar-refractivity contribution >= 4 is 27.3 Å². The maximum absolute atomic E-state index is 12.8. The number of carbonyl (C=O) groups excluding carboxylic acids is 2. The van der Waals surface area contributed by atoms with Crippen molar-refractivity contribution in [3.05, 3.63) is 54.0 Å². The maximum Gasteiger partial charge on any atom is 0.291 e. The lowest BCUT2D eigenvalue weighted by molar-refractivity contribution is 0.0588. The van der Waals surface area contributed by atoms with Crippen LogP contribution in [0.25, 0.3) is 0 Å². The molecule has 154 valence electrons. The van der Waals surface area contributed by atoms with Crippen LogP contribution in [0, 0.1) is 0 Å². The van der Waals surface area contributed by atoms with E-state index < -0.39 is 9.84 Å². The van der Waals surface area contributed by atoms with Crippen LogP contribution in [0.5, 0.6) is 0 Å². The number of rotatable bonds is 4. The van der Waals surface area contributed by atoms with E-state index in [9.17, 15) is 18.0 Å². The Labute approximate surface area is 169 Å². The molecule has 1 N–H and O–H groups in total. The van der Waals surface area contributed by atoms with Gasteiger partial charge in [0.15, 0.2) is 15.6 Å². The average molecular weight is 417 g/mol. The van der Waals surface area contributed by atoms with Gasteiger partial charge in [0.25, 0.3) is 11.8 Å². The topological polar surface area (TPSA) is 99.9 Å². The first kappa shape index (κ1) is 19.7. The minimum absolute atomic E-state index is 0.0624. The van der Waals surface area contributed by atoms with Gasteiger partial charge in [-0.25, -0.2) is 8.42 Å². The van der Waals surface area contributed by atoms with Gasteiger partial charge in [-0.15, -0.1) is 0 Å². The molecule has 3 heterocycles. The molecule has 1 aromatic heterocycles. The lowest BCUT2D eigenvalue weighted by atomic mass is 10.1. The van der Waals surface area contributed by atoms with Crippen LogP contribution in [0.4, 0.5) is 5.69 Å². The largest absolute Gasteiger partial charge is 0.459 e. The highest BCUT2D eigenvalue weighted by Crippen LogP contribution is 2.20. The van der Waals surface area contributed by atoms with Crippen molar-refractivity contribution in [1.82, 2.24) is 9.80 Å². The van der Waals surface area contributed by atoms with Crippen LogP contribution in [0.15, 0.2) is 47.1 Å². The molecule has 2 aliphatic heterocycles. The fraction of sp³-hybridized carbons (Fsp3) is 0.400. The molecule has 2 amide bonds. The molecule has 0 aliphatic carbocycles. The Morgan fingerprint density at radius 2 is 1.76 bits per heavy atom. The number of furan rings is 1. The van der Waals surface area contributed by atoms with E-state index in [-0.39, 0.29) is 35.1 Å². The van der Waals surface area contributed by atoms with Crippen LogP contribution < -0.4 is 5.32 Å². The number of benzene rings is 1. The highest BCUT2D eigenvalue weighted by atomic mass is 32.2. The van der Waals surface area contributed by atoms with Crippen LogP contribution in [0.2, 0.25) is 0 Å². The van der Waals surface area contributed by atoms with E-state index in [1.807, 2.05) is 0 Å². The van der Waals surface area contributed by atoms with Crippen LogP contribution in [0.1, 0.15) is 27.3 Å². The number of nitrogens with zero attached hydrogens (tertiary/aromatic N) is 2. The first-order valence-electron chi connectivity index (χ1n) is 9.60. The molecular formula is C20H23N3O5S. The van der Waals surface area contributed by atoms with Crippen molar-refractivity contribution in [2.45, 2.75) is 12.5 Å². The lowest BCUT2D eigenvalue weighted by Crippen LogP contribution is -2.52. The summed E-state index contributed by atoms with van der Waals surface area (Å²) in [5, 5.41) is 2.72. The zero-order valence-electron chi connectivity index (χ0n) is 15.9. The number of piperazine rings is 1. The molecule has 2 aromatic rings. The molecule has 2 saturated heterocycles. The Bertz CT molecular complexity index is 978. The van der Waals surface area contributed by atoms with Crippen LogP contribution in [-0.2, 0) is 9.84 Å². The van der Waals surface area contributed by atoms with Gasteiger partial charge in [0.1, 0.15) is 0 Å². The van der Waals surface area contributed by atoms with Gasteiger partial charge in [-0.2, -0.15) is 0 Å². The van der Waals surface area contributed by atoms with Crippen molar-refractivity contribution in [1.29, 1.82) is 0 Å². The molecule has 2 fully saturated rings. The highest BCUT2D eigenvalue weighted by molar-refractivity contribution is 7.91. The number of amides is 2. The van der Waals surface area contributed by atoms with E-state index in [1.54, 1.807) is 41.3 Å². The second kappa shape index (κ2) is 8.00. The minimum atomic E-state index is -2.90. The monoisotopic (exact) mass is 417 g/mol. The summed E-state index contributed by atoms with van der Waals surface area (Å²) in [6, 6.07) is 10.1. The smallest absolute Gasteiger partial charge is 0.291 e. The predicted octanol–water partition coefficient (Wildman–Crippen LogP) is 1.48. The van der Waals surface area contributed by atoms with Crippen LogP contribution >= 0.6 is 0 Å². The van der Waals surface area contributed by atoms with E-state index in [1.165, 1.54) is 6.26 Å². The molecule has 29 heavy (non-hydrogen) atoms. The molecule has 0 unspecified atom stereocenters. The SMILES string of the molecule is O=C(Nc1ccc(C(=O)N2CCN([C@H]3CCS(=O)(=O)C3)CC2)cc1)c1ccco1. The van der Waals surface area contributed by atoms with E-state index in [4.69, 9.17) is 4.42 Å². The molecule has 9 heteroatoms. The van der Waals surface area contributed by atoms with Gasteiger partial charge in [0, 0.05) is 43.5 Å². The molecule has 4 rings (SSSR count). The first-order chi connectivity index (χ1) is 13.9. The normalized spacial score (nSPS) is 21.8. The van der Waals surface area contributed by atoms with Gasteiger partial charge >= 0.3 is 0 Å². The van der Waals surface area contributed by atoms with E-state index in [2.05, 4.69) is 10.2 Å². The van der Waals surface area contributed by atoms with Crippen molar-refractivity contribution < 1.29 is 22.4 Å². The second-order valence-electron chi connectivity index (χ2n) is 7.39. The van der Waals surface area contributed by atoms with Crippen molar-refractivity contribution in [2.75, 3.05) is 43.0 Å². The average Bonchev–Trinajstić information content (AvgIpc) is 3.38. The number of carbonyl (C=O) groups is 2. The van der Waals surface area contributed by atoms with Gasteiger partial charge in [0.05, 0.1) is 17.8 Å². The zero-order valence-corrected chi connectivity index (χ0v) is 16.7. The molecule has 1 aromatic carbocycles. The maximum atomic E-state index is 12.8. The number of hydrogen-bond acceptors (Lipinski definition) is 6. The Balaban J connectivity index is 1.31. The molecule has 8 nitrogen and oxygen atoms in total. The third-order valence-corrected chi connectivity index (χ3v) is 7.21. The Kier molecular flexibility index (Phi) is 5.42. The van der Waals surface area contributed by atoms with Crippen molar-refractivity contribution in [3.8, 4) is 0 Å². The van der Waals surface area contributed by atoms with Gasteiger partial charge in [0.2, 0.25) is 0 Å². The summed E-state index contributed by atoms with van der Waals surface area (Å²) in [4.78, 5) is 28.7. The highest BCUT2D eigenvalue weighted by Gasteiger charge is 2.34. The van der Waals surface area contributed by atoms with Gasteiger partial charge in [-0.05, 0) is 42.8 Å². The summed E-state index contributed by atoms with van der Waals surface area (Å²) in [6.07, 6.45) is 2.11. The standard InChI is InChI=1S/C20H23N3O5S/c24-19(18-2-1-12-28-18)21-16-5-3-15(4-6-16)20(25)23-10-8-22(9-11-23)17-7-13-29(26,27)14-17/h1-6,12,17H,7-11,13-14H2,(H,21,24)/t17-/m0/s1. The molecule has 0 spiro atoms. The Hall–Kier alpha value is -2.65. The van der Waals surface area contributed by atoms with Crippen molar-refractivity contribution in [3.63, 3.8) is 0 Å². The summed E-state index contributed by atoms with van der Waals surface area (Å²) >= 11 is 0. The summed E-state index contributed by atoms with van der Waals surface area (Å²) in [7, 11) is -2.90. The fourth-order valence-corrected chi connectivity index (χ4v) is 5.59. The lowest BCUT2D eigenvalue weighted by Gasteiger charge is -2.37. The van der Waals surface area contributed by atoms with E-state index in [0.717, 1.165) is 0 Å². The quantitative estimate of drug-likeness (QED) is 0.809. The molecule has 2 aliphatic rings. The third-order valence-electron chi connectivity index (χ3n) is 5.46. The number of anilines is 1. The van der Waals surface area contributed by atoms with Gasteiger partial charge in [-0.3, -0.25) is 14.5 Å².